The first-order valence-electron chi connectivity index (χ1n) is 3.08. The predicted molar refractivity (Wildman–Crippen MR) is 36.4 cm³/mol. The van der Waals surface area contributed by atoms with Gasteiger partial charge >= 0.3 is 74.3 Å². The van der Waals surface area contributed by atoms with Crippen LogP contribution in [0.4, 0.5) is 0 Å². The second-order valence-electron chi connectivity index (χ2n) is 1.96. The maximum atomic E-state index is 4.09. The van der Waals surface area contributed by atoms with E-state index in [4.69, 9.17) is 0 Å². The summed E-state index contributed by atoms with van der Waals surface area (Å²) in [6, 6.07) is 0. The second kappa shape index (κ2) is 2.68. The van der Waals surface area contributed by atoms with E-state index in [1.165, 1.54) is 0 Å². The Bertz CT molecular complexity index is 291. The van der Waals surface area contributed by atoms with Gasteiger partial charge in [0.1, 0.15) is 0 Å². The van der Waals surface area contributed by atoms with Crippen molar-refractivity contribution in [3.8, 4) is 0 Å². The SMILES string of the molecule is CNC1=C[I-]Nn2ncnc21. The van der Waals surface area contributed by atoms with Crippen LogP contribution < -0.4 is 30.4 Å². The summed E-state index contributed by atoms with van der Waals surface area (Å²) in [5.41, 5.74) is 1.06. The van der Waals surface area contributed by atoms with Gasteiger partial charge in [0.05, 0.1) is 0 Å². The molecule has 1 aliphatic heterocycles. The molecule has 60 valence electrons. The van der Waals surface area contributed by atoms with Gasteiger partial charge < -0.3 is 0 Å². The molecule has 11 heavy (non-hydrogen) atoms. The van der Waals surface area contributed by atoms with Gasteiger partial charge in [0.2, 0.25) is 0 Å². The van der Waals surface area contributed by atoms with E-state index in [2.05, 4.69) is 23.1 Å². The van der Waals surface area contributed by atoms with Crippen LogP contribution in [0.25, 0.3) is 5.70 Å². The Kier molecular flexibility index (Phi) is 1.68. The minimum absolute atomic E-state index is 0.109. The Morgan fingerprint density at radius 2 is 2.64 bits per heavy atom. The van der Waals surface area contributed by atoms with Gasteiger partial charge in [-0.05, 0) is 0 Å². The summed E-state index contributed by atoms with van der Waals surface area (Å²) < 4.78 is 5.29. The topological polar surface area (TPSA) is 54.8 Å². The zero-order chi connectivity index (χ0) is 7.68. The van der Waals surface area contributed by atoms with Crippen molar-refractivity contribution >= 4 is 5.70 Å². The number of rotatable bonds is 1. The molecule has 2 N–H and O–H groups in total. The van der Waals surface area contributed by atoms with Gasteiger partial charge in [-0.15, -0.1) is 0 Å². The quantitative estimate of drug-likeness (QED) is 0.406. The first-order valence-corrected chi connectivity index (χ1v) is 5.41. The Hall–Kier alpha value is -0.790. The molecule has 1 aliphatic rings. The van der Waals surface area contributed by atoms with E-state index in [1.54, 1.807) is 11.1 Å². The van der Waals surface area contributed by atoms with Crippen LogP contribution in [-0.2, 0) is 0 Å². The van der Waals surface area contributed by atoms with Gasteiger partial charge in [-0.25, -0.2) is 0 Å². The minimum atomic E-state index is -0.109. The van der Waals surface area contributed by atoms with Crippen LogP contribution in [-0.4, -0.2) is 21.9 Å². The van der Waals surface area contributed by atoms with Crippen molar-refractivity contribution in [2.75, 3.05) is 10.7 Å². The van der Waals surface area contributed by atoms with Crippen LogP contribution in [0.1, 0.15) is 5.82 Å². The van der Waals surface area contributed by atoms with Gasteiger partial charge in [0.15, 0.2) is 0 Å². The molecular weight excluding hydrogens is 257 g/mol. The predicted octanol–water partition coefficient (Wildman–Crippen LogP) is -3.64. The van der Waals surface area contributed by atoms with Crippen molar-refractivity contribution in [1.29, 1.82) is 0 Å². The number of fused-ring (bicyclic) bond motifs is 1. The van der Waals surface area contributed by atoms with Gasteiger partial charge in [-0.3, -0.25) is 0 Å². The normalized spacial score (nSPS) is 15.5. The molecule has 0 saturated carbocycles. The van der Waals surface area contributed by atoms with E-state index in [9.17, 15) is 0 Å². The first-order chi connectivity index (χ1) is 5.42. The van der Waals surface area contributed by atoms with Crippen LogP contribution in [0, 0.1) is 0 Å². The number of hydrogen-bond donors (Lipinski definition) is 2. The number of nitrogens with zero attached hydrogens (tertiary/aromatic N) is 3. The summed E-state index contributed by atoms with van der Waals surface area (Å²) in [6.07, 6.45) is 1.54. The van der Waals surface area contributed by atoms with Crippen LogP contribution in [0.15, 0.2) is 10.4 Å². The van der Waals surface area contributed by atoms with Crippen molar-refractivity contribution in [3.05, 3.63) is 16.2 Å². The van der Waals surface area contributed by atoms with E-state index in [0.29, 0.717) is 0 Å². The standard InChI is InChI=1S/C5H7IN5/c1-7-4-2-6-10-11-5(4)8-3-9-11/h2-3,7,10H,1H3/q-1. The van der Waals surface area contributed by atoms with E-state index in [-0.39, 0.29) is 21.5 Å². The van der Waals surface area contributed by atoms with Gasteiger partial charge in [-0.1, -0.05) is 0 Å². The van der Waals surface area contributed by atoms with Gasteiger partial charge in [0, 0.05) is 0 Å². The van der Waals surface area contributed by atoms with Gasteiger partial charge in [0.25, 0.3) is 0 Å². The molecule has 0 fully saturated rings. The molecule has 0 aromatic carbocycles. The van der Waals surface area contributed by atoms with E-state index < -0.39 is 0 Å². The maximum absolute atomic E-state index is 4.09. The summed E-state index contributed by atoms with van der Waals surface area (Å²) in [5, 5.41) is 7.07. The molecule has 0 unspecified atom stereocenters. The number of hydrogen-bond acceptors (Lipinski definition) is 4. The molecule has 2 rings (SSSR count). The number of halogens is 1. The third kappa shape index (κ3) is 1.06. The summed E-state index contributed by atoms with van der Waals surface area (Å²) in [4.78, 5) is 5.79. The molecule has 0 spiro atoms. The zero-order valence-corrected chi connectivity index (χ0v) is 8.03. The van der Waals surface area contributed by atoms with Crippen molar-refractivity contribution in [2.24, 2.45) is 0 Å². The van der Waals surface area contributed by atoms with E-state index >= 15 is 0 Å². The summed E-state index contributed by atoms with van der Waals surface area (Å²) in [5.74, 6) is 0.860. The van der Waals surface area contributed by atoms with Crippen molar-refractivity contribution < 1.29 is 21.5 Å². The molecular formula is C5H7IN5-. The summed E-state index contributed by atoms with van der Waals surface area (Å²) in [6.45, 7) is 0. The molecule has 0 aliphatic carbocycles. The Morgan fingerprint density at radius 1 is 1.73 bits per heavy atom. The average Bonchev–Trinajstić information content (AvgIpc) is 2.50. The zero-order valence-electron chi connectivity index (χ0n) is 5.87. The average molecular weight is 264 g/mol. The molecule has 0 bridgehead atoms. The van der Waals surface area contributed by atoms with Crippen LogP contribution >= 0.6 is 0 Å². The van der Waals surface area contributed by atoms with Crippen molar-refractivity contribution in [3.63, 3.8) is 0 Å². The van der Waals surface area contributed by atoms with Crippen molar-refractivity contribution in [2.45, 2.75) is 0 Å². The molecule has 5 nitrogen and oxygen atoms in total. The molecule has 2 heterocycles. The number of aromatic nitrogens is 3. The van der Waals surface area contributed by atoms with Crippen LogP contribution in [0.2, 0.25) is 0 Å². The third-order valence-electron chi connectivity index (χ3n) is 1.35. The molecule has 1 aromatic heterocycles. The van der Waals surface area contributed by atoms with E-state index in [1.807, 2.05) is 7.05 Å². The summed E-state index contributed by atoms with van der Waals surface area (Å²) >= 11 is -0.109. The molecule has 0 atom stereocenters. The first kappa shape index (κ1) is 6.89. The van der Waals surface area contributed by atoms with Crippen LogP contribution in [0.3, 0.4) is 0 Å². The third-order valence-corrected chi connectivity index (χ3v) is 3.02. The Labute approximate surface area is 74.5 Å². The molecule has 0 saturated heterocycles. The Balaban J connectivity index is 2.45. The number of nitrogens with one attached hydrogen (secondary N) is 2. The Morgan fingerprint density at radius 3 is 3.45 bits per heavy atom. The second-order valence-corrected chi connectivity index (χ2v) is 3.69. The molecule has 6 heteroatoms. The fourth-order valence-corrected chi connectivity index (χ4v) is 2.48. The molecule has 1 aromatic rings. The summed E-state index contributed by atoms with van der Waals surface area (Å²) in [7, 11) is 1.89. The van der Waals surface area contributed by atoms with Crippen LogP contribution in [0.5, 0.6) is 0 Å². The monoisotopic (exact) mass is 264 g/mol. The van der Waals surface area contributed by atoms with Crippen molar-refractivity contribution in [1.82, 2.24) is 20.2 Å². The fraction of sp³-hybridized carbons (Fsp3) is 0.200. The fourth-order valence-electron chi connectivity index (χ4n) is 0.827. The van der Waals surface area contributed by atoms with E-state index in [0.717, 1.165) is 11.5 Å². The molecule has 0 amide bonds. The molecule has 0 radical (unpaired) electrons. The van der Waals surface area contributed by atoms with Gasteiger partial charge in [-0.2, -0.15) is 0 Å².